The Morgan fingerprint density at radius 2 is 1.67 bits per heavy atom. The van der Waals surface area contributed by atoms with Gasteiger partial charge in [0.25, 0.3) is 0 Å². The average Bonchev–Trinajstić information content (AvgIpc) is 2.71. The van der Waals surface area contributed by atoms with E-state index in [0.717, 1.165) is 18.8 Å². The van der Waals surface area contributed by atoms with Gasteiger partial charge in [0.1, 0.15) is 5.75 Å². The van der Waals surface area contributed by atoms with Crippen LogP contribution in [0.25, 0.3) is 0 Å². The van der Waals surface area contributed by atoms with Crippen LogP contribution in [0.4, 0.5) is 17.6 Å². The minimum atomic E-state index is 0.231. The number of hydrogen-bond acceptors (Lipinski definition) is 7. The summed E-state index contributed by atoms with van der Waals surface area (Å²) < 4.78 is 11.2. The highest BCUT2D eigenvalue weighted by Gasteiger charge is 2.17. The van der Waals surface area contributed by atoms with E-state index in [4.69, 9.17) is 21.1 Å². The van der Waals surface area contributed by atoms with Gasteiger partial charge in [-0.05, 0) is 36.4 Å². The number of hydrogen-bond donors (Lipinski definition) is 1. The molecule has 0 saturated carbocycles. The molecule has 3 aromatic rings. The largest absolute Gasteiger partial charge is 0.424 e. The molecule has 0 atom stereocenters. The zero-order valence-corrected chi connectivity index (χ0v) is 15.3. The number of morpholine rings is 1. The van der Waals surface area contributed by atoms with Crippen molar-refractivity contribution in [1.82, 2.24) is 15.0 Å². The van der Waals surface area contributed by atoms with Crippen molar-refractivity contribution in [3.63, 3.8) is 0 Å². The van der Waals surface area contributed by atoms with Crippen molar-refractivity contribution in [2.24, 2.45) is 0 Å². The van der Waals surface area contributed by atoms with Gasteiger partial charge in [-0.25, -0.2) is 0 Å². The van der Waals surface area contributed by atoms with Crippen LogP contribution in [0.5, 0.6) is 11.8 Å². The van der Waals surface area contributed by atoms with Crippen LogP contribution < -0.4 is 15.0 Å². The number of rotatable bonds is 5. The van der Waals surface area contributed by atoms with Crippen molar-refractivity contribution in [3.05, 3.63) is 59.6 Å². The number of anilines is 3. The minimum absolute atomic E-state index is 0.231. The molecular formula is C19H18ClN5O2. The first-order valence-electron chi connectivity index (χ1n) is 8.60. The van der Waals surface area contributed by atoms with Crippen molar-refractivity contribution in [2.75, 3.05) is 36.5 Å². The molecule has 1 aliphatic heterocycles. The molecule has 4 rings (SSSR count). The quantitative estimate of drug-likeness (QED) is 0.716. The molecule has 138 valence electrons. The number of nitrogens with zero attached hydrogens (tertiary/aromatic N) is 4. The molecular weight excluding hydrogens is 366 g/mol. The lowest BCUT2D eigenvalue weighted by molar-refractivity contribution is 0.122. The zero-order chi connectivity index (χ0) is 18.5. The van der Waals surface area contributed by atoms with Gasteiger partial charge in [-0.15, -0.1) is 0 Å². The summed E-state index contributed by atoms with van der Waals surface area (Å²) in [6.45, 7) is 2.71. The summed E-state index contributed by atoms with van der Waals surface area (Å²) in [7, 11) is 0. The third kappa shape index (κ3) is 4.64. The van der Waals surface area contributed by atoms with Crippen molar-refractivity contribution < 1.29 is 9.47 Å². The Hall–Kier alpha value is -2.90. The third-order valence-electron chi connectivity index (χ3n) is 3.95. The van der Waals surface area contributed by atoms with Crippen LogP contribution in [-0.4, -0.2) is 41.3 Å². The molecule has 8 heteroatoms. The van der Waals surface area contributed by atoms with Gasteiger partial charge in [0.15, 0.2) is 0 Å². The van der Waals surface area contributed by atoms with Crippen LogP contribution in [0.3, 0.4) is 0 Å². The lowest BCUT2D eigenvalue weighted by Crippen LogP contribution is -2.37. The van der Waals surface area contributed by atoms with Crippen molar-refractivity contribution in [3.8, 4) is 11.8 Å². The summed E-state index contributed by atoms with van der Waals surface area (Å²) in [5.41, 5.74) is 0.823. The van der Waals surface area contributed by atoms with Gasteiger partial charge in [0.2, 0.25) is 11.9 Å². The van der Waals surface area contributed by atoms with Crippen molar-refractivity contribution >= 4 is 29.2 Å². The van der Waals surface area contributed by atoms with E-state index in [-0.39, 0.29) is 6.01 Å². The summed E-state index contributed by atoms with van der Waals surface area (Å²) in [5, 5.41) is 3.84. The van der Waals surface area contributed by atoms with Gasteiger partial charge < -0.3 is 19.7 Å². The molecule has 1 N–H and O–H groups in total. The van der Waals surface area contributed by atoms with Gasteiger partial charge in [-0.3, -0.25) is 0 Å². The van der Waals surface area contributed by atoms with Crippen LogP contribution in [-0.2, 0) is 4.74 Å². The lowest BCUT2D eigenvalue weighted by Gasteiger charge is -2.27. The number of aromatic nitrogens is 3. The molecule has 0 radical (unpaired) electrons. The second-order valence-corrected chi connectivity index (χ2v) is 6.32. The third-order valence-corrected chi connectivity index (χ3v) is 4.20. The van der Waals surface area contributed by atoms with Crippen LogP contribution in [0.1, 0.15) is 0 Å². The highest BCUT2D eigenvalue weighted by Crippen LogP contribution is 2.23. The second-order valence-electron chi connectivity index (χ2n) is 5.89. The van der Waals surface area contributed by atoms with E-state index in [1.54, 1.807) is 12.1 Å². The topological polar surface area (TPSA) is 72.4 Å². The van der Waals surface area contributed by atoms with Gasteiger partial charge in [-0.2, -0.15) is 15.0 Å². The monoisotopic (exact) mass is 383 g/mol. The fraction of sp³-hybridized carbons (Fsp3) is 0.211. The second kappa shape index (κ2) is 8.20. The molecule has 1 aromatic heterocycles. The van der Waals surface area contributed by atoms with E-state index in [2.05, 4.69) is 25.2 Å². The Labute approximate surface area is 161 Å². The van der Waals surface area contributed by atoms with Crippen LogP contribution in [0.2, 0.25) is 5.02 Å². The van der Waals surface area contributed by atoms with E-state index in [0.29, 0.717) is 35.9 Å². The molecule has 2 heterocycles. The number of ether oxygens (including phenoxy) is 2. The molecule has 0 unspecified atom stereocenters. The van der Waals surface area contributed by atoms with E-state index in [9.17, 15) is 0 Å². The average molecular weight is 384 g/mol. The number of para-hydroxylation sites is 1. The molecule has 0 amide bonds. The minimum Gasteiger partial charge on any atom is -0.424 e. The van der Waals surface area contributed by atoms with Crippen molar-refractivity contribution in [2.45, 2.75) is 0 Å². The lowest BCUT2D eigenvalue weighted by atomic mass is 10.3. The van der Waals surface area contributed by atoms with Gasteiger partial charge in [-0.1, -0.05) is 29.8 Å². The van der Waals surface area contributed by atoms with Gasteiger partial charge in [0, 0.05) is 23.8 Å². The van der Waals surface area contributed by atoms with E-state index < -0.39 is 0 Å². The molecule has 0 aliphatic carbocycles. The Kier molecular flexibility index (Phi) is 5.32. The fourth-order valence-electron chi connectivity index (χ4n) is 2.61. The Bertz CT molecular complexity index is 886. The van der Waals surface area contributed by atoms with E-state index >= 15 is 0 Å². The molecule has 7 nitrogen and oxygen atoms in total. The summed E-state index contributed by atoms with van der Waals surface area (Å²) in [6.07, 6.45) is 0. The molecule has 0 spiro atoms. The first-order chi connectivity index (χ1) is 13.3. The molecule has 2 aromatic carbocycles. The van der Waals surface area contributed by atoms with Crippen LogP contribution in [0.15, 0.2) is 54.6 Å². The summed E-state index contributed by atoms with van der Waals surface area (Å²) in [4.78, 5) is 15.5. The summed E-state index contributed by atoms with van der Waals surface area (Å²) in [6, 6.07) is 17.0. The summed E-state index contributed by atoms with van der Waals surface area (Å²) >= 11 is 5.95. The van der Waals surface area contributed by atoms with E-state index in [1.165, 1.54) is 0 Å². The highest BCUT2D eigenvalue weighted by molar-refractivity contribution is 6.30. The summed E-state index contributed by atoms with van der Waals surface area (Å²) in [5.74, 6) is 1.62. The smallest absolute Gasteiger partial charge is 0.328 e. The Morgan fingerprint density at radius 1 is 0.926 bits per heavy atom. The number of nitrogens with one attached hydrogen (secondary N) is 1. The SMILES string of the molecule is Clc1ccc(Nc2nc(Oc3ccccc3)nc(N3CCOCC3)n2)cc1. The number of halogens is 1. The first-order valence-corrected chi connectivity index (χ1v) is 8.98. The molecule has 27 heavy (non-hydrogen) atoms. The standard InChI is InChI=1S/C19H18ClN5O2/c20-14-6-8-15(9-7-14)21-17-22-18(25-10-12-26-13-11-25)24-19(23-17)27-16-4-2-1-3-5-16/h1-9H,10-13H2,(H,21,22,23,24). The molecule has 1 fully saturated rings. The molecule has 0 bridgehead atoms. The van der Waals surface area contributed by atoms with Gasteiger partial charge >= 0.3 is 6.01 Å². The zero-order valence-electron chi connectivity index (χ0n) is 14.5. The maximum Gasteiger partial charge on any atom is 0.328 e. The van der Waals surface area contributed by atoms with Crippen LogP contribution in [0, 0.1) is 0 Å². The molecule has 1 saturated heterocycles. The van der Waals surface area contributed by atoms with Crippen LogP contribution >= 0.6 is 11.6 Å². The normalized spacial score (nSPS) is 14.0. The van der Waals surface area contributed by atoms with Crippen molar-refractivity contribution in [1.29, 1.82) is 0 Å². The van der Waals surface area contributed by atoms with E-state index in [1.807, 2.05) is 42.5 Å². The maximum absolute atomic E-state index is 5.95. The Morgan fingerprint density at radius 3 is 2.41 bits per heavy atom. The number of benzene rings is 2. The first kappa shape index (κ1) is 17.5. The Balaban J connectivity index is 1.63. The predicted molar refractivity (Wildman–Crippen MR) is 104 cm³/mol. The van der Waals surface area contributed by atoms with Gasteiger partial charge in [0.05, 0.1) is 13.2 Å². The fourth-order valence-corrected chi connectivity index (χ4v) is 2.73. The predicted octanol–water partition coefficient (Wildman–Crippen LogP) is 3.90. The highest BCUT2D eigenvalue weighted by atomic mass is 35.5. The maximum atomic E-state index is 5.95. The molecule has 1 aliphatic rings.